The summed E-state index contributed by atoms with van der Waals surface area (Å²) in [6.07, 6.45) is 9.39. The Labute approximate surface area is 123 Å². The lowest BCUT2D eigenvalue weighted by molar-refractivity contribution is 0.412. The maximum Gasteiger partial charge on any atom is 0.0465 e. The van der Waals surface area contributed by atoms with Gasteiger partial charge in [-0.25, -0.2) is 0 Å². The van der Waals surface area contributed by atoms with Crippen LogP contribution in [-0.4, -0.2) is 6.04 Å². The van der Waals surface area contributed by atoms with Crippen LogP contribution >= 0.6 is 22.7 Å². The predicted molar refractivity (Wildman–Crippen MR) is 85.0 cm³/mol. The van der Waals surface area contributed by atoms with Gasteiger partial charge in [0, 0.05) is 28.3 Å². The zero-order valence-corrected chi connectivity index (χ0v) is 12.6. The first kappa shape index (κ1) is 13.1. The number of hydrogen-bond donors (Lipinski definition) is 1. The van der Waals surface area contributed by atoms with Crippen molar-refractivity contribution >= 4 is 22.7 Å². The van der Waals surface area contributed by atoms with Crippen LogP contribution in [0, 0.1) is 0 Å². The van der Waals surface area contributed by atoms with Gasteiger partial charge in [0.1, 0.15) is 0 Å². The van der Waals surface area contributed by atoms with Gasteiger partial charge in [-0.05, 0) is 42.2 Å². The quantitative estimate of drug-likeness (QED) is 0.780. The van der Waals surface area contributed by atoms with E-state index in [1.54, 1.807) is 0 Å². The van der Waals surface area contributed by atoms with Crippen molar-refractivity contribution in [2.75, 3.05) is 0 Å². The van der Waals surface area contributed by atoms with Gasteiger partial charge < -0.3 is 5.32 Å². The van der Waals surface area contributed by atoms with Gasteiger partial charge >= 0.3 is 0 Å². The summed E-state index contributed by atoms with van der Waals surface area (Å²) in [4.78, 5) is 2.93. The van der Waals surface area contributed by atoms with Crippen molar-refractivity contribution in [1.82, 2.24) is 5.32 Å². The number of rotatable bonds is 5. The van der Waals surface area contributed by atoms with Gasteiger partial charge in [0.05, 0.1) is 0 Å². The Morgan fingerprint density at radius 3 is 2.74 bits per heavy atom. The molecule has 2 aromatic heterocycles. The lowest BCUT2D eigenvalue weighted by Crippen LogP contribution is -2.34. The molecule has 2 aromatic rings. The normalized spacial score (nSPS) is 20.5. The van der Waals surface area contributed by atoms with Crippen molar-refractivity contribution in [3.8, 4) is 0 Å². The van der Waals surface area contributed by atoms with E-state index in [1.165, 1.54) is 29.0 Å². The maximum atomic E-state index is 3.86. The minimum Gasteiger partial charge on any atom is -0.306 e. The van der Waals surface area contributed by atoms with E-state index < -0.39 is 0 Å². The molecule has 0 fully saturated rings. The fourth-order valence-electron chi connectivity index (χ4n) is 2.59. The van der Waals surface area contributed by atoms with E-state index in [9.17, 15) is 0 Å². The summed E-state index contributed by atoms with van der Waals surface area (Å²) >= 11 is 3.73. The molecule has 0 aromatic carbocycles. The molecule has 1 N–H and O–H groups in total. The summed E-state index contributed by atoms with van der Waals surface area (Å²) in [5.41, 5.74) is 0. The summed E-state index contributed by atoms with van der Waals surface area (Å²) in [5, 5.41) is 8.21. The third-order valence-electron chi connectivity index (χ3n) is 3.58. The topological polar surface area (TPSA) is 12.0 Å². The number of allylic oxidation sites excluding steroid dienone is 1. The van der Waals surface area contributed by atoms with Crippen LogP contribution in [0.3, 0.4) is 0 Å². The van der Waals surface area contributed by atoms with Crippen LogP contribution in [0.4, 0.5) is 0 Å². The largest absolute Gasteiger partial charge is 0.306 e. The van der Waals surface area contributed by atoms with E-state index >= 15 is 0 Å². The first-order valence-electron chi connectivity index (χ1n) is 6.88. The monoisotopic (exact) mass is 289 g/mol. The lowest BCUT2D eigenvalue weighted by atomic mass is 10.00. The van der Waals surface area contributed by atoms with Gasteiger partial charge in [-0.3, -0.25) is 0 Å². The predicted octanol–water partition coefficient (Wildman–Crippen LogP) is 4.79. The summed E-state index contributed by atoms with van der Waals surface area (Å²) < 4.78 is 0. The first-order chi connectivity index (χ1) is 9.42. The molecule has 0 radical (unpaired) electrons. The molecule has 2 unspecified atom stereocenters. The Bertz CT molecular complexity index is 499. The van der Waals surface area contributed by atoms with Gasteiger partial charge in [0.15, 0.2) is 0 Å². The second-order valence-electron chi connectivity index (χ2n) is 5.00. The number of hydrogen-bond acceptors (Lipinski definition) is 3. The smallest absolute Gasteiger partial charge is 0.0465 e. The summed E-state index contributed by atoms with van der Waals surface area (Å²) in [6.45, 7) is 0. The molecule has 3 heteroatoms. The summed E-state index contributed by atoms with van der Waals surface area (Å²) in [6, 6.07) is 9.91. The molecule has 0 spiro atoms. The van der Waals surface area contributed by atoms with Gasteiger partial charge in [-0.1, -0.05) is 24.3 Å². The third-order valence-corrected chi connectivity index (χ3v) is 5.46. The van der Waals surface area contributed by atoms with E-state index in [4.69, 9.17) is 0 Å². The molecular weight excluding hydrogens is 270 g/mol. The van der Waals surface area contributed by atoms with Crippen molar-refractivity contribution in [3.63, 3.8) is 0 Å². The second kappa shape index (κ2) is 6.51. The zero-order valence-electron chi connectivity index (χ0n) is 10.9. The van der Waals surface area contributed by atoms with Gasteiger partial charge in [-0.15, -0.1) is 22.7 Å². The highest BCUT2D eigenvalue weighted by molar-refractivity contribution is 7.10. The Morgan fingerprint density at radius 2 is 2.05 bits per heavy atom. The highest BCUT2D eigenvalue weighted by atomic mass is 32.1. The SMILES string of the molecule is C1=CCC(NC(Cc2cccs2)c2cccs2)CC1. The Morgan fingerprint density at radius 1 is 1.16 bits per heavy atom. The van der Waals surface area contributed by atoms with Crippen molar-refractivity contribution in [2.45, 2.75) is 37.8 Å². The molecule has 1 aliphatic carbocycles. The van der Waals surface area contributed by atoms with E-state index in [0.29, 0.717) is 12.1 Å². The third kappa shape index (κ3) is 3.56. The Kier molecular flexibility index (Phi) is 4.49. The molecule has 0 saturated carbocycles. The molecule has 0 bridgehead atoms. The molecule has 3 rings (SSSR count). The average Bonchev–Trinajstić information content (AvgIpc) is 3.12. The standard InChI is InChI=1S/C16H19NS2/c1-2-6-13(7-3-1)17-15(16-9-5-11-19-16)12-14-8-4-10-18-14/h1-2,4-5,8-11,13,15,17H,3,6-7,12H2. The fraction of sp³-hybridized carbons (Fsp3) is 0.375. The number of nitrogens with one attached hydrogen (secondary N) is 1. The molecule has 2 atom stereocenters. The first-order valence-corrected chi connectivity index (χ1v) is 8.64. The minimum atomic E-state index is 0.468. The molecule has 0 saturated heterocycles. The second-order valence-corrected chi connectivity index (χ2v) is 7.01. The van der Waals surface area contributed by atoms with Crippen LogP contribution in [0.25, 0.3) is 0 Å². The molecule has 0 amide bonds. The van der Waals surface area contributed by atoms with Crippen LogP contribution in [0.1, 0.15) is 35.1 Å². The molecular formula is C16H19NS2. The molecule has 1 nitrogen and oxygen atoms in total. The molecule has 2 heterocycles. The summed E-state index contributed by atoms with van der Waals surface area (Å²) in [5.74, 6) is 0. The Hall–Kier alpha value is -0.900. The molecule has 0 aliphatic heterocycles. The number of thiophene rings is 2. The fourth-order valence-corrected chi connectivity index (χ4v) is 4.13. The van der Waals surface area contributed by atoms with E-state index in [-0.39, 0.29) is 0 Å². The van der Waals surface area contributed by atoms with Gasteiger partial charge in [0.25, 0.3) is 0 Å². The highest BCUT2D eigenvalue weighted by Crippen LogP contribution is 2.27. The van der Waals surface area contributed by atoms with Crippen LogP contribution in [-0.2, 0) is 6.42 Å². The maximum absolute atomic E-state index is 3.86. The van der Waals surface area contributed by atoms with E-state index in [0.717, 1.165) is 6.42 Å². The lowest BCUT2D eigenvalue weighted by Gasteiger charge is -2.26. The Balaban J connectivity index is 1.70. The molecule has 1 aliphatic rings. The van der Waals surface area contributed by atoms with Crippen LogP contribution in [0.5, 0.6) is 0 Å². The van der Waals surface area contributed by atoms with Crippen LogP contribution in [0.2, 0.25) is 0 Å². The van der Waals surface area contributed by atoms with Gasteiger partial charge in [0.2, 0.25) is 0 Å². The molecule has 19 heavy (non-hydrogen) atoms. The van der Waals surface area contributed by atoms with Gasteiger partial charge in [-0.2, -0.15) is 0 Å². The van der Waals surface area contributed by atoms with Crippen molar-refractivity contribution in [1.29, 1.82) is 0 Å². The van der Waals surface area contributed by atoms with E-state index in [2.05, 4.69) is 52.5 Å². The minimum absolute atomic E-state index is 0.468. The zero-order chi connectivity index (χ0) is 12.9. The molecule has 100 valence electrons. The van der Waals surface area contributed by atoms with Crippen LogP contribution < -0.4 is 5.32 Å². The van der Waals surface area contributed by atoms with Crippen molar-refractivity contribution in [2.24, 2.45) is 0 Å². The average molecular weight is 289 g/mol. The summed E-state index contributed by atoms with van der Waals surface area (Å²) in [7, 11) is 0. The van der Waals surface area contributed by atoms with Crippen LogP contribution in [0.15, 0.2) is 47.2 Å². The highest BCUT2D eigenvalue weighted by Gasteiger charge is 2.19. The van der Waals surface area contributed by atoms with Crippen molar-refractivity contribution < 1.29 is 0 Å². The van der Waals surface area contributed by atoms with E-state index in [1.807, 2.05) is 22.7 Å². The van der Waals surface area contributed by atoms with Crippen molar-refractivity contribution in [3.05, 3.63) is 56.9 Å².